The van der Waals surface area contributed by atoms with Crippen molar-refractivity contribution < 1.29 is 22.9 Å². The zero-order valence-electron chi connectivity index (χ0n) is 17.1. The average molecular weight is 428 g/mol. The van der Waals surface area contributed by atoms with Crippen molar-refractivity contribution in [3.63, 3.8) is 0 Å². The molecule has 1 amide bonds. The van der Waals surface area contributed by atoms with E-state index in [-0.39, 0.29) is 29.2 Å². The fourth-order valence-electron chi connectivity index (χ4n) is 3.12. The van der Waals surface area contributed by atoms with Gasteiger partial charge in [-0.15, -0.1) is 0 Å². The third-order valence-corrected chi connectivity index (χ3v) is 6.67. The topological polar surface area (TPSA) is 119 Å². The quantitative estimate of drug-likeness (QED) is 0.453. The molecule has 1 fully saturated rings. The van der Waals surface area contributed by atoms with Crippen LogP contribution in [0.2, 0.25) is 0 Å². The fourth-order valence-corrected chi connectivity index (χ4v) is 4.65. The molecule has 0 saturated carbocycles. The first-order valence-electron chi connectivity index (χ1n) is 9.82. The van der Waals surface area contributed by atoms with E-state index in [1.54, 1.807) is 0 Å². The normalized spacial score (nSPS) is 16.0. The number of carbonyl (C=O) groups is 1. The molecule has 1 aromatic carbocycles. The second-order valence-electron chi connectivity index (χ2n) is 7.73. The van der Waals surface area contributed by atoms with Gasteiger partial charge in [-0.1, -0.05) is 13.8 Å². The Hall–Kier alpha value is -2.20. The van der Waals surface area contributed by atoms with Crippen molar-refractivity contribution in [3.05, 3.63) is 28.3 Å². The minimum absolute atomic E-state index is 0.0310. The zero-order chi connectivity index (χ0) is 21.6. The molecule has 10 heteroatoms. The molecule has 0 bridgehead atoms. The lowest BCUT2D eigenvalue weighted by Gasteiger charge is -2.16. The number of nitro benzene ring substituents is 1. The van der Waals surface area contributed by atoms with Gasteiger partial charge in [0.25, 0.3) is 5.91 Å². The highest BCUT2D eigenvalue weighted by atomic mass is 32.2. The third kappa shape index (κ3) is 6.40. The predicted octanol–water partition coefficient (Wildman–Crippen LogP) is 2.70. The Kier molecular flexibility index (Phi) is 7.97. The molecule has 1 heterocycles. The molecule has 162 valence electrons. The van der Waals surface area contributed by atoms with Gasteiger partial charge in [0.15, 0.2) is 12.4 Å². The summed E-state index contributed by atoms with van der Waals surface area (Å²) in [5.41, 5.74) is -0.481. The predicted molar refractivity (Wildman–Crippen MR) is 108 cm³/mol. The maximum atomic E-state index is 12.6. The Morgan fingerprint density at radius 3 is 2.48 bits per heavy atom. The van der Waals surface area contributed by atoms with Crippen molar-refractivity contribution in [2.45, 2.75) is 57.4 Å². The van der Waals surface area contributed by atoms with Crippen LogP contribution >= 0.6 is 0 Å². The number of nitro groups is 1. The number of nitrogens with one attached hydrogen (secondary N) is 1. The van der Waals surface area contributed by atoms with Gasteiger partial charge in [0.05, 0.1) is 9.82 Å². The summed E-state index contributed by atoms with van der Waals surface area (Å²) in [4.78, 5) is 22.6. The van der Waals surface area contributed by atoms with E-state index in [2.05, 4.69) is 19.2 Å². The summed E-state index contributed by atoms with van der Waals surface area (Å²) in [6.45, 7) is 6.52. The molecule has 29 heavy (non-hydrogen) atoms. The van der Waals surface area contributed by atoms with Crippen LogP contribution in [-0.2, 0) is 14.8 Å². The molecule has 0 aromatic heterocycles. The smallest absolute Gasteiger partial charge is 0.312 e. The van der Waals surface area contributed by atoms with Crippen LogP contribution in [0.25, 0.3) is 0 Å². The van der Waals surface area contributed by atoms with Gasteiger partial charge >= 0.3 is 5.69 Å². The number of sulfonamides is 1. The standard InChI is InChI=1S/C19H29N3O6S/c1-14(2)6-7-15(3)20-19(23)13-28-18-9-8-16(12-17(18)22(24)25)29(26,27)21-10-4-5-11-21/h8-9,12,14-15H,4-7,10-11,13H2,1-3H3,(H,20,23)/t15-/m0/s1. The van der Waals surface area contributed by atoms with Gasteiger partial charge in [-0.3, -0.25) is 14.9 Å². The van der Waals surface area contributed by atoms with E-state index in [0.717, 1.165) is 31.7 Å². The molecule has 1 saturated heterocycles. The molecule has 1 aliphatic heterocycles. The van der Waals surface area contributed by atoms with Crippen LogP contribution in [0.15, 0.2) is 23.1 Å². The first-order valence-corrected chi connectivity index (χ1v) is 11.3. The lowest BCUT2D eigenvalue weighted by Crippen LogP contribution is -2.36. The van der Waals surface area contributed by atoms with Gasteiger partial charge in [-0.05, 0) is 50.7 Å². The van der Waals surface area contributed by atoms with E-state index in [0.29, 0.717) is 19.0 Å². The molecule has 1 N–H and O–H groups in total. The molecule has 2 rings (SSSR count). The Labute approximate surface area is 171 Å². The van der Waals surface area contributed by atoms with Crippen LogP contribution in [0.4, 0.5) is 5.69 Å². The van der Waals surface area contributed by atoms with Crippen molar-refractivity contribution in [3.8, 4) is 5.75 Å². The maximum absolute atomic E-state index is 12.6. The van der Waals surface area contributed by atoms with Gasteiger partial charge in [0.1, 0.15) is 0 Å². The first-order chi connectivity index (χ1) is 13.6. The summed E-state index contributed by atoms with van der Waals surface area (Å²) in [7, 11) is -3.78. The zero-order valence-corrected chi connectivity index (χ0v) is 17.9. The summed E-state index contributed by atoms with van der Waals surface area (Å²) in [6.07, 6.45) is 3.34. The monoisotopic (exact) mass is 427 g/mol. The van der Waals surface area contributed by atoms with Crippen LogP contribution in [0.3, 0.4) is 0 Å². The van der Waals surface area contributed by atoms with Crippen LogP contribution in [0, 0.1) is 16.0 Å². The van der Waals surface area contributed by atoms with E-state index in [1.165, 1.54) is 16.4 Å². The van der Waals surface area contributed by atoms with Gasteiger partial charge < -0.3 is 10.1 Å². The summed E-state index contributed by atoms with van der Waals surface area (Å²) >= 11 is 0. The number of hydrogen-bond donors (Lipinski definition) is 1. The SMILES string of the molecule is CC(C)CC[C@H](C)NC(=O)COc1ccc(S(=O)(=O)N2CCCC2)cc1[N+](=O)[O-]. The summed E-state index contributed by atoms with van der Waals surface area (Å²) in [5, 5.41) is 14.2. The highest BCUT2D eigenvalue weighted by Crippen LogP contribution is 2.31. The van der Waals surface area contributed by atoms with E-state index in [1.807, 2.05) is 6.92 Å². The Morgan fingerprint density at radius 2 is 1.90 bits per heavy atom. The lowest BCUT2D eigenvalue weighted by molar-refractivity contribution is -0.386. The Morgan fingerprint density at radius 1 is 1.24 bits per heavy atom. The molecular weight excluding hydrogens is 398 g/mol. The fraction of sp³-hybridized carbons (Fsp3) is 0.632. The van der Waals surface area contributed by atoms with Gasteiger partial charge in [-0.25, -0.2) is 8.42 Å². The molecular formula is C19H29N3O6S. The van der Waals surface area contributed by atoms with Crippen molar-refractivity contribution in [1.82, 2.24) is 9.62 Å². The van der Waals surface area contributed by atoms with Crippen molar-refractivity contribution in [1.29, 1.82) is 0 Å². The van der Waals surface area contributed by atoms with E-state index >= 15 is 0 Å². The second kappa shape index (κ2) is 10.0. The van der Waals surface area contributed by atoms with Crippen molar-refractivity contribution in [2.24, 2.45) is 5.92 Å². The Bertz CT molecular complexity index is 834. The number of rotatable bonds is 10. The minimum Gasteiger partial charge on any atom is -0.477 e. The van der Waals surface area contributed by atoms with Crippen molar-refractivity contribution in [2.75, 3.05) is 19.7 Å². The van der Waals surface area contributed by atoms with Crippen molar-refractivity contribution >= 4 is 21.6 Å². The highest BCUT2D eigenvalue weighted by molar-refractivity contribution is 7.89. The number of hydrogen-bond acceptors (Lipinski definition) is 6. The lowest BCUT2D eigenvalue weighted by atomic mass is 10.0. The number of nitrogens with zero attached hydrogens (tertiary/aromatic N) is 2. The van der Waals surface area contributed by atoms with Gasteiger partial charge in [0, 0.05) is 25.2 Å². The van der Waals surface area contributed by atoms with Crippen LogP contribution in [0.1, 0.15) is 46.5 Å². The molecule has 1 aliphatic rings. The van der Waals surface area contributed by atoms with Crippen LogP contribution in [-0.4, -0.2) is 49.3 Å². The molecule has 0 aliphatic carbocycles. The number of amides is 1. The highest BCUT2D eigenvalue weighted by Gasteiger charge is 2.30. The third-order valence-electron chi connectivity index (χ3n) is 4.77. The number of benzene rings is 1. The first kappa shape index (κ1) is 23.1. The summed E-state index contributed by atoms with van der Waals surface area (Å²) < 4.78 is 31.9. The molecule has 0 radical (unpaired) electrons. The average Bonchev–Trinajstić information content (AvgIpc) is 3.20. The largest absolute Gasteiger partial charge is 0.477 e. The molecule has 9 nitrogen and oxygen atoms in total. The molecule has 0 spiro atoms. The maximum Gasteiger partial charge on any atom is 0.312 e. The molecule has 1 aromatic rings. The Balaban J connectivity index is 2.05. The van der Waals surface area contributed by atoms with E-state index in [9.17, 15) is 23.3 Å². The number of ether oxygens (including phenoxy) is 1. The summed E-state index contributed by atoms with van der Waals surface area (Å²) in [5.74, 6) is 0.00767. The number of carbonyl (C=O) groups excluding carboxylic acids is 1. The molecule has 0 unspecified atom stereocenters. The van der Waals surface area contributed by atoms with Gasteiger partial charge in [-0.2, -0.15) is 4.31 Å². The summed E-state index contributed by atoms with van der Waals surface area (Å²) in [6, 6.07) is 3.47. The van der Waals surface area contributed by atoms with Crippen LogP contribution in [0.5, 0.6) is 5.75 Å². The minimum atomic E-state index is -3.78. The molecule has 1 atom stereocenters. The van der Waals surface area contributed by atoms with Crippen LogP contribution < -0.4 is 10.1 Å². The second-order valence-corrected chi connectivity index (χ2v) is 9.66. The van der Waals surface area contributed by atoms with E-state index < -0.39 is 20.6 Å². The van der Waals surface area contributed by atoms with Gasteiger partial charge in [0.2, 0.25) is 10.0 Å². The van der Waals surface area contributed by atoms with E-state index in [4.69, 9.17) is 4.74 Å².